The monoisotopic (exact) mass is 473 g/mol. The molecule has 0 aliphatic carbocycles. The highest BCUT2D eigenvalue weighted by Gasteiger charge is 2.34. The summed E-state index contributed by atoms with van der Waals surface area (Å²) in [6.07, 6.45) is 8.63. The average Bonchev–Trinajstić information content (AvgIpc) is 2.87. The molecule has 0 saturated heterocycles. The van der Waals surface area contributed by atoms with Gasteiger partial charge in [-0.3, -0.25) is 19.7 Å². The molecule has 0 bridgehead atoms. The number of nitro groups is 1. The topological polar surface area (TPSA) is 102 Å². The van der Waals surface area contributed by atoms with Crippen molar-refractivity contribution in [3.63, 3.8) is 0 Å². The summed E-state index contributed by atoms with van der Waals surface area (Å²) in [4.78, 5) is 36.8. The molecule has 8 heteroatoms. The second-order valence-corrected chi connectivity index (χ2v) is 8.47. The number of carbonyl (C=O) groups excluding carboxylic acids is 2. The lowest BCUT2D eigenvalue weighted by molar-refractivity contribution is -0.383. The molecule has 1 aliphatic rings. The van der Waals surface area contributed by atoms with Gasteiger partial charge >= 0.3 is 0 Å². The zero-order valence-corrected chi connectivity index (χ0v) is 19.6. The molecular weight excluding hydrogens is 446 g/mol. The van der Waals surface area contributed by atoms with Crippen LogP contribution in [0.15, 0.2) is 59.7 Å². The minimum atomic E-state index is -0.622. The van der Waals surface area contributed by atoms with Crippen molar-refractivity contribution < 1.29 is 19.2 Å². The van der Waals surface area contributed by atoms with Crippen LogP contribution in [0.2, 0.25) is 0 Å². The predicted octanol–water partition coefficient (Wildman–Crippen LogP) is 6.12. The van der Waals surface area contributed by atoms with E-state index < -0.39 is 16.7 Å². The highest BCUT2D eigenvalue weighted by atomic mass is 16.6. The normalized spacial score (nSPS) is 13.1. The van der Waals surface area contributed by atoms with Gasteiger partial charge in [-0.15, -0.1) is 0 Å². The minimum Gasteiger partial charge on any atom is -0.494 e. The quantitative estimate of drug-likeness (QED) is 0.110. The molecule has 35 heavy (non-hydrogen) atoms. The third-order valence-corrected chi connectivity index (χ3v) is 6.03. The van der Waals surface area contributed by atoms with E-state index in [0.717, 1.165) is 23.6 Å². The number of benzene rings is 3. The smallest absolute Gasteiger partial charge is 0.282 e. The number of hydrogen-bond acceptors (Lipinski definition) is 6. The summed E-state index contributed by atoms with van der Waals surface area (Å²) in [5.41, 5.74) is 0.958. The van der Waals surface area contributed by atoms with Gasteiger partial charge in [0.1, 0.15) is 5.75 Å². The van der Waals surface area contributed by atoms with E-state index in [-0.39, 0.29) is 27.6 Å². The molecule has 0 spiro atoms. The maximum Gasteiger partial charge on any atom is 0.282 e. The maximum atomic E-state index is 13.0. The fourth-order valence-corrected chi connectivity index (χ4v) is 4.18. The molecule has 180 valence electrons. The van der Waals surface area contributed by atoms with E-state index in [4.69, 9.17) is 4.74 Å². The SMILES string of the molecule is CCCCCCCCOc1ccc(C=NN2C(=O)c3cccc4c([N+](=O)[O-])ccc(c34)C2=O)cc1. The predicted molar refractivity (Wildman–Crippen MR) is 134 cm³/mol. The van der Waals surface area contributed by atoms with Crippen LogP contribution < -0.4 is 4.74 Å². The molecule has 0 unspecified atom stereocenters. The number of non-ortho nitro benzene ring substituents is 1. The first kappa shape index (κ1) is 24.1. The molecule has 3 aromatic rings. The number of nitro benzene ring substituents is 1. The van der Waals surface area contributed by atoms with E-state index in [9.17, 15) is 19.7 Å². The number of ether oxygens (including phenoxy) is 1. The van der Waals surface area contributed by atoms with E-state index in [0.29, 0.717) is 12.2 Å². The summed E-state index contributed by atoms with van der Waals surface area (Å²) in [6, 6.07) is 14.6. The largest absolute Gasteiger partial charge is 0.494 e. The molecule has 0 saturated carbocycles. The first-order valence-electron chi connectivity index (χ1n) is 11.9. The summed E-state index contributed by atoms with van der Waals surface area (Å²) >= 11 is 0. The van der Waals surface area contributed by atoms with Gasteiger partial charge in [0.05, 0.1) is 34.3 Å². The number of rotatable bonds is 11. The standard InChI is InChI=1S/C27H27N3O5/c1-2-3-4-5-6-7-17-35-20-13-11-19(12-14-20)18-28-29-26(31)22-10-8-9-21-24(30(33)34)16-15-23(25(21)22)27(29)32/h8-16,18H,2-7,17H2,1H3. The van der Waals surface area contributed by atoms with Crippen molar-refractivity contribution in [3.8, 4) is 5.75 Å². The Labute approximate surface area is 203 Å². The molecule has 0 aromatic heterocycles. The van der Waals surface area contributed by atoms with Crippen LogP contribution in [0.25, 0.3) is 10.8 Å². The van der Waals surface area contributed by atoms with Crippen molar-refractivity contribution in [1.29, 1.82) is 0 Å². The molecule has 8 nitrogen and oxygen atoms in total. The Bertz CT molecular complexity index is 1260. The molecule has 0 fully saturated rings. The molecule has 1 heterocycles. The van der Waals surface area contributed by atoms with Crippen LogP contribution in [0, 0.1) is 10.1 Å². The van der Waals surface area contributed by atoms with Gasteiger partial charge in [0.2, 0.25) is 0 Å². The Morgan fingerprint density at radius 2 is 1.60 bits per heavy atom. The molecule has 3 aromatic carbocycles. The van der Waals surface area contributed by atoms with Gasteiger partial charge in [0.15, 0.2) is 0 Å². The van der Waals surface area contributed by atoms with Crippen LogP contribution in [0.5, 0.6) is 5.75 Å². The Kier molecular flexibility index (Phi) is 7.50. The van der Waals surface area contributed by atoms with Gasteiger partial charge in [-0.2, -0.15) is 10.1 Å². The average molecular weight is 474 g/mol. The summed E-state index contributed by atoms with van der Waals surface area (Å²) in [5, 5.41) is 16.8. The molecule has 4 rings (SSSR count). The van der Waals surface area contributed by atoms with Crippen molar-refractivity contribution in [2.75, 3.05) is 6.61 Å². The van der Waals surface area contributed by atoms with E-state index in [1.54, 1.807) is 24.3 Å². The number of hydrazone groups is 1. The van der Waals surface area contributed by atoms with Gasteiger partial charge in [0, 0.05) is 11.5 Å². The van der Waals surface area contributed by atoms with Crippen molar-refractivity contribution in [2.24, 2.45) is 5.10 Å². The minimum absolute atomic E-state index is 0.151. The van der Waals surface area contributed by atoms with Crippen LogP contribution in [0.1, 0.15) is 71.7 Å². The Hall–Kier alpha value is -4.07. The van der Waals surface area contributed by atoms with Crippen LogP contribution in [-0.2, 0) is 0 Å². The van der Waals surface area contributed by atoms with Crippen molar-refractivity contribution in [1.82, 2.24) is 5.01 Å². The maximum absolute atomic E-state index is 13.0. The van der Waals surface area contributed by atoms with Gasteiger partial charge in [-0.25, -0.2) is 0 Å². The number of nitrogens with zero attached hydrogens (tertiary/aromatic N) is 3. The fourth-order valence-electron chi connectivity index (χ4n) is 4.18. The van der Waals surface area contributed by atoms with Gasteiger partial charge < -0.3 is 4.74 Å². The lowest BCUT2D eigenvalue weighted by Gasteiger charge is -2.22. The Morgan fingerprint density at radius 3 is 2.31 bits per heavy atom. The summed E-state index contributed by atoms with van der Waals surface area (Å²) in [6.45, 7) is 2.87. The molecular formula is C27H27N3O5. The fraction of sp³-hybridized carbons (Fsp3) is 0.296. The molecule has 1 aliphatic heterocycles. The first-order chi connectivity index (χ1) is 17.0. The van der Waals surface area contributed by atoms with E-state index >= 15 is 0 Å². The van der Waals surface area contributed by atoms with Crippen LogP contribution >= 0.6 is 0 Å². The molecule has 2 amide bonds. The summed E-state index contributed by atoms with van der Waals surface area (Å²) in [7, 11) is 0. The molecule has 0 N–H and O–H groups in total. The zero-order chi connectivity index (χ0) is 24.8. The lowest BCUT2D eigenvalue weighted by atomic mass is 9.94. The number of amides is 2. The third kappa shape index (κ3) is 5.21. The number of carbonyl (C=O) groups is 2. The van der Waals surface area contributed by atoms with Crippen molar-refractivity contribution in [2.45, 2.75) is 45.4 Å². The molecule has 0 radical (unpaired) electrons. The van der Waals surface area contributed by atoms with Crippen molar-refractivity contribution in [3.05, 3.63) is 81.4 Å². The lowest BCUT2D eigenvalue weighted by Crippen LogP contribution is -2.36. The molecule has 0 atom stereocenters. The number of hydrogen-bond donors (Lipinski definition) is 0. The Balaban J connectivity index is 1.43. The second kappa shape index (κ2) is 10.9. The van der Waals surface area contributed by atoms with E-state index in [2.05, 4.69) is 12.0 Å². The first-order valence-corrected chi connectivity index (χ1v) is 11.9. The van der Waals surface area contributed by atoms with E-state index in [1.807, 2.05) is 12.1 Å². The Morgan fingerprint density at radius 1 is 0.914 bits per heavy atom. The number of imide groups is 1. The third-order valence-electron chi connectivity index (χ3n) is 6.03. The summed E-state index contributed by atoms with van der Waals surface area (Å²) < 4.78 is 5.78. The van der Waals surface area contributed by atoms with Crippen LogP contribution in [-0.4, -0.2) is 34.6 Å². The highest BCUT2D eigenvalue weighted by molar-refractivity contribution is 6.26. The van der Waals surface area contributed by atoms with Gasteiger partial charge in [-0.1, -0.05) is 45.1 Å². The summed E-state index contributed by atoms with van der Waals surface area (Å²) in [5.74, 6) is -0.490. The second-order valence-electron chi connectivity index (χ2n) is 8.47. The zero-order valence-electron chi connectivity index (χ0n) is 19.6. The van der Waals surface area contributed by atoms with Crippen LogP contribution in [0.4, 0.5) is 5.69 Å². The van der Waals surface area contributed by atoms with E-state index in [1.165, 1.54) is 50.1 Å². The van der Waals surface area contributed by atoms with Crippen LogP contribution in [0.3, 0.4) is 0 Å². The van der Waals surface area contributed by atoms with Gasteiger partial charge in [-0.05, 0) is 54.4 Å². The number of unbranched alkanes of at least 4 members (excludes halogenated alkanes) is 5. The van der Waals surface area contributed by atoms with Crippen molar-refractivity contribution >= 4 is 34.5 Å². The highest BCUT2D eigenvalue weighted by Crippen LogP contribution is 2.35. The van der Waals surface area contributed by atoms with Gasteiger partial charge in [0.25, 0.3) is 17.5 Å².